The van der Waals surface area contributed by atoms with Crippen molar-refractivity contribution in [3.8, 4) is 34.5 Å². The fraction of sp³-hybridized carbons (Fsp3) is 0.400. The number of aryl methyl sites for hydroxylation is 2. The maximum atomic E-state index is 9.51. The Labute approximate surface area is 234 Å². The lowest BCUT2D eigenvalue weighted by Gasteiger charge is -2.46. The molecule has 1 unspecified atom stereocenters. The number of benzene rings is 3. The number of nitriles is 1. The van der Waals surface area contributed by atoms with Crippen LogP contribution in [0.25, 0.3) is 28.5 Å². The van der Waals surface area contributed by atoms with Gasteiger partial charge in [0.15, 0.2) is 11.6 Å². The largest absolute Gasteiger partial charge is 0.275 e. The van der Waals surface area contributed by atoms with Crippen molar-refractivity contribution >= 4 is 0 Å². The second kappa shape index (κ2) is 11.6. The standard InChI is InChI=1S/C35H42N4/c1-8-10-16-21-34(5,6)35(7,9-2)30-20-15-14-19-29(30)32-37-38-33(39(32)28-17-12-11-13-18-28)31-25(3)22-27(24-36)23-26(31)4/h11-15,17-20,22-23H,8-10,16,21H2,1-7H3. The summed E-state index contributed by atoms with van der Waals surface area (Å²) in [5.74, 6) is 1.64. The summed E-state index contributed by atoms with van der Waals surface area (Å²) in [6.07, 6.45) is 5.94. The zero-order valence-electron chi connectivity index (χ0n) is 24.7. The quantitative estimate of drug-likeness (QED) is 0.196. The van der Waals surface area contributed by atoms with Gasteiger partial charge in [-0.25, -0.2) is 0 Å². The SMILES string of the molecule is CCCCCC(C)(C)C(C)(CC)c1ccccc1-c1nnc(-c2c(C)cc(C#N)cc2C)n1-c1ccccc1. The van der Waals surface area contributed by atoms with E-state index in [1.807, 2.05) is 32.0 Å². The van der Waals surface area contributed by atoms with Gasteiger partial charge in [-0.05, 0) is 78.5 Å². The van der Waals surface area contributed by atoms with Gasteiger partial charge in [0.2, 0.25) is 0 Å². The van der Waals surface area contributed by atoms with Crippen LogP contribution < -0.4 is 0 Å². The molecule has 0 amide bonds. The zero-order chi connectivity index (χ0) is 28.2. The van der Waals surface area contributed by atoms with Crippen LogP contribution >= 0.6 is 0 Å². The van der Waals surface area contributed by atoms with Gasteiger partial charge in [0.05, 0.1) is 11.6 Å². The molecule has 4 aromatic rings. The van der Waals surface area contributed by atoms with E-state index in [-0.39, 0.29) is 10.8 Å². The molecule has 202 valence electrons. The molecule has 4 nitrogen and oxygen atoms in total. The van der Waals surface area contributed by atoms with Crippen LogP contribution in [0.4, 0.5) is 0 Å². The molecule has 0 saturated carbocycles. The molecule has 0 fully saturated rings. The minimum Gasteiger partial charge on any atom is -0.275 e. The Morgan fingerprint density at radius 2 is 1.44 bits per heavy atom. The fourth-order valence-electron chi connectivity index (χ4n) is 6.11. The van der Waals surface area contributed by atoms with Crippen molar-refractivity contribution in [2.75, 3.05) is 0 Å². The Balaban J connectivity index is 1.98. The number of rotatable bonds is 10. The smallest absolute Gasteiger partial charge is 0.169 e. The number of hydrogen-bond donors (Lipinski definition) is 0. The summed E-state index contributed by atoms with van der Waals surface area (Å²) in [5, 5.41) is 19.2. The summed E-state index contributed by atoms with van der Waals surface area (Å²) in [7, 11) is 0. The molecule has 0 aliphatic rings. The molecule has 0 N–H and O–H groups in total. The molecular formula is C35H42N4. The molecule has 1 heterocycles. The molecule has 4 heteroatoms. The average Bonchev–Trinajstić information content (AvgIpc) is 3.37. The van der Waals surface area contributed by atoms with Gasteiger partial charge in [-0.3, -0.25) is 4.57 Å². The van der Waals surface area contributed by atoms with Gasteiger partial charge in [-0.2, -0.15) is 5.26 Å². The van der Waals surface area contributed by atoms with E-state index in [1.165, 1.54) is 31.2 Å². The fourth-order valence-corrected chi connectivity index (χ4v) is 6.11. The number of aromatic nitrogens is 3. The van der Waals surface area contributed by atoms with Crippen LogP contribution in [0.3, 0.4) is 0 Å². The van der Waals surface area contributed by atoms with E-state index in [1.54, 1.807) is 0 Å². The molecule has 0 aliphatic heterocycles. The van der Waals surface area contributed by atoms with Crippen LogP contribution in [-0.2, 0) is 5.41 Å². The third-order valence-electron chi connectivity index (χ3n) is 8.93. The predicted octanol–water partition coefficient (Wildman–Crippen LogP) is 9.36. The molecule has 0 aliphatic carbocycles. The maximum Gasteiger partial charge on any atom is 0.169 e. The van der Waals surface area contributed by atoms with Crippen molar-refractivity contribution in [2.24, 2.45) is 5.41 Å². The van der Waals surface area contributed by atoms with Crippen molar-refractivity contribution in [3.63, 3.8) is 0 Å². The molecule has 4 rings (SSSR count). The van der Waals surface area contributed by atoms with Crippen molar-refractivity contribution in [1.82, 2.24) is 14.8 Å². The summed E-state index contributed by atoms with van der Waals surface area (Å²) in [6, 6.07) is 25.3. The van der Waals surface area contributed by atoms with Gasteiger partial charge in [-0.1, -0.05) is 96.3 Å². The molecule has 39 heavy (non-hydrogen) atoms. The molecule has 0 radical (unpaired) electrons. The molecule has 0 bridgehead atoms. The third kappa shape index (κ3) is 5.28. The van der Waals surface area contributed by atoms with Crippen LogP contribution in [0.5, 0.6) is 0 Å². The topological polar surface area (TPSA) is 54.5 Å². The van der Waals surface area contributed by atoms with Crippen LogP contribution in [0.2, 0.25) is 0 Å². The highest BCUT2D eigenvalue weighted by Gasteiger charge is 2.42. The van der Waals surface area contributed by atoms with E-state index in [2.05, 4.69) is 93.8 Å². The minimum atomic E-state index is -0.0504. The van der Waals surface area contributed by atoms with Gasteiger partial charge >= 0.3 is 0 Å². The summed E-state index contributed by atoms with van der Waals surface area (Å²) in [4.78, 5) is 0. The highest BCUT2D eigenvalue weighted by Crippen LogP contribution is 2.50. The van der Waals surface area contributed by atoms with E-state index >= 15 is 0 Å². The van der Waals surface area contributed by atoms with Gasteiger partial charge in [0.25, 0.3) is 0 Å². The van der Waals surface area contributed by atoms with Crippen molar-refractivity contribution in [3.05, 3.63) is 89.0 Å². The minimum absolute atomic E-state index is 0.0504. The molecular weight excluding hydrogens is 476 g/mol. The van der Waals surface area contributed by atoms with Gasteiger partial charge in [-0.15, -0.1) is 10.2 Å². The Hall–Kier alpha value is -3.71. The maximum absolute atomic E-state index is 9.51. The Morgan fingerprint density at radius 3 is 2.05 bits per heavy atom. The van der Waals surface area contributed by atoms with Crippen molar-refractivity contribution in [2.45, 2.75) is 86.0 Å². The summed E-state index contributed by atoms with van der Waals surface area (Å²) in [5.41, 5.74) is 7.24. The van der Waals surface area contributed by atoms with Gasteiger partial charge in [0.1, 0.15) is 0 Å². The Kier molecular flexibility index (Phi) is 8.40. The Bertz CT molecular complexity index is 1450. The van der Waals surface area contributed by atoms with E-state index in [4.69, 9.17) is 10.2 Å². The van der Waals surface area contributed by atoms with Gasteiger partial charge < -0.3 is 0 Å². The summed E-state index contributed by atoms with van der Waals surface area (Å²) >= 11 is 0. The first-order valence-corrected chi connectivity index (χ1v) is 14.3. The first kappa shape index (κ1) is 28.3. The lowest BCUT2D eigenvalue weighted by molar-refractivity contribution is 0.152. The lowest BCUT2D eigenvalue weighted by Crippen LogP contribution is -2.39. The number of nitrogens with zero attached hydrogens (tertiary/aromatic N) is 4. The van der Waals surface area contributed by atoms with Crippen LogP contribution in [0.15, 0.2) is 66.7 Å². The number of para-hydroxylation sites is 1. The monoisotopic (exact) mass is 518 g/mol. The number of hydrogen-bond acceptors (Lipinski definition) is 3. The third-order valence-corrected chi connectivity index (χ3v) is 8.93. The van der Waals surface area contributed by atoms with E-state index in [9.17, 15) is 5.26 Å². The normalized spacial score (nSPS) is 13.2. The highest BCUT2D eigenvalue weighted by atomic mass is 15.3. The molecule has 1 atom stereocenters. The zero-order valence-corrected chi connectivity index (χ0v) is 24.7. The average molecular weight is 519 g/mol. The summed E-state index contributed by atoms with van der Waals surface area (Å²) in [6.45, 7) is 16.0. The summed E-state index contributed by atoms with van der Waals surface area (Å²) < 4.78 is 2.19. The second-order valence-corrected chi connectivity index (χ2v) is 11.7. The van der Waals surface area contributed by atoms with Crippen molar-refractivity contribution in [1.29, 1.82) is 5.26 Å². The first-order valence-electron chi connectivity index (χ1n) is 14.3. The molecule has 0 spiro atoms. The van der Waals surface area contributed by atoms with E-state index in [0.717, 1.165) is 46.0 Å². The molecule has 3 aromatic carbocycles. The van der Waals surface area contributed by atoms with Crippen molar-refractivity contribution < 1.29 is 0 Å². The number of unbranched alkanes of at least 4 members (excludes halogenated alkanes) is 2. The van der Waals surface area contributed by atoms with E-state index in [0.29, 0.717) is 5.56 Å². The van der Waals surface area contributed by atoms with E-state index < -0.39 is 0 Å². The van der Waals surface area contributed by atoms with Crippen LogP contribution in [0, 0.1) is 30.6 Å². The lowest BCUT2D eigenvalue weighted by atomic mass is 9.58. The van der Waals surface area contributed by atoms with Crippen LogP contribution in [-0.4, -0.2) is 14.8 Å². The van der Waals surface area contributed by atoms with Gasteiger partial charge in [0, 0.05) is 16.8 Å². The Morgan fingerprint density at radius 1 is 0.821 bits per heavy atom. The van der Waals surface area contributed by atoms with Crippen LogP contribution in [0.1, 0.15) is 89.0 Å². The highest BCUT2D eigenvalue weighted by molar-refractivity contribution is 5.73. The second-order valence-electron chi connectivity index (χ2n) is 11.7. The first-order chi connectivity index (χ1) is 18.7. The molecule has 1 aromatic heterocycles. The molecule has 0 saturated heterocycles. The predicted molar refractivity (Wildman–Crippen MR) is 162 cm³/mol.